The summed E-state index contributed by atoms with van der Waals surface area (Å²) in [4.78, 5) is 8.33. The molecule has 1 atom stereocenters. The Kier molecular flexibility index (Phi) is 6.78. The van der Waals surface area contributed by atoms with E-state index in [1.165, 1.54) is 18.7 Å². The van der Waals surface area contributed by atoms with Crippen LogP contribution < -0.4 is 0 Å². The molecule has 1 unspecified atom stereocenters. The van der Waals surface area contributed by atoms with Crippen LogP contribution in [0.4, 0.5) is 0 Å². The standard InChI is InChI=1S/C7H13O2P/c1-2-3-4-5-6-7-10(8)9/h6-7H,2-5H2,1H3/p+1. The van der Waals surface area contributed by atoms with Gasteiger partial charge in [-0.15, -0.1) is 0 Å². The quantitative estimate of drug-likeness (QED) is 0.497. The first kappa shape index (κ1) is 9.80. The van der Waals surface area contributed by atoms with E-state index < -0.39 is 8.03 Å². The fourth-order valence-electron chi connectivity index (χ4n) is 0.677. The van der Waals surface area contributed by atoms with Crippen LogP contribution >= 0.6 is 8.03 Å². The van der Waals surface area contributed by atoms with Crippen LogP contribution in [0.3, 0.4) is 0 Å². The third kappa shape index (κ3) is 7.80. The molecule has 0 heterocycles. The van der Waals surface area contributed by atoms with Crippen LogP contribution in [0.2, 0.25) is 0 Å². The van der Waals surface area contributed by atoms with E-state index in [2.05, 4.69) is 6.92 Å². The van der Waals surface area contributed by atoms with Gasteiger partial charge in [0.2, 0.25) is 0 Å². The lowest BCUT2D eigenvalue weighted by Crippen LogP contribution is -1.69. The van der Waals surface area contributed by atoms with Gasteiger partial charge in [-0.2, -0.15) is 4.89 Å². The van der Waals surface area contributed by atoms with Gasteiger partial charge in [-0.25, -0.2) is 0 Å². The van der Waals surface area contributed by atoms with E-state index in [0.29, 0.717) is 0 Å². The van der Waals surface area contributed by atoms with Crippen LogP contribution in [0.5, 0.6) is 0 Å². The smallest absolute Gasteiger partial charge is 0.157 e. The zero-order valence-electron chi connectivity index (χ0n) is 6.29. The van der Waals surface area contributed by atoms with E-state index in [-0.39, 0.29) is 0 Å². The van der Waals surface area contributed by atoms with E-state index in [0.717, 1.165) is 12.8 Å². The maximum Gasteiger partial charge on any atom is 0.537 e. The second-order valence-corrected chi connectivity index (χ2v) is 3.09. The molecule has 0 aromatic carbocycles. The Bertz CT molecular complexity index is 121. The van der Waals surface area contributed by atoms with Crippen LogP contribution in [0, 0.1) is 0 Å². The van der Waals surface area contributed by atoms with Crippen LogP contribution in [0.15, 0.2) is 11.9 Å². The number of unbranched alkanes of at least 4 members (excludes halogenated alkanes) is 3. The molecule has 0 bridgehead atoms. The molecule has 0 fully saturated rings. The van der Waals surface area contributed by atoms with Crippen molar-refractivity contribution >= 4 is 8.03 Å². The second-order valence-electron chi connectivity index (χ2n) is 2.18. The Hall–Kier alpha value is -0.200. The molecule has 0 saturated heterocycles. The molecule has 0 aromatic heterocycles. The van der Waals surface area contributed by atoms with Gasteiger partial charge in [-0.1, -0.05) is 19.8 Å². The highest BCUT2D eigenvalue weighted by molar-refractivity contribution is 7.41. The Labute approximate surface area is 62.8 Å². The van der Waals surface area contributed by atoms with Crippen molar-refractivity contribution in [2.24, 2.45) is 0 Å². The lowest BCUT2D eigenvalue weighted by atomic mass is 10.2. The van der Waals surface area contributed by atoms with Crippen molar-refractivity contribution in [3.8, 4) is 0 Å². The number of hydrogen-bond donors (Lipinski definition) is 1. The van der Waals surface area contributed by atoms with Gasteiger partial charge in [0.15, 0.2) is 5.82 Å². The fourth-order valence-corrected chi connectivity index (χ4v) is 1.01. The molecule has 0 radical (unpaired) electrons. The minimum Gasteiger partial charge on any atom is -0.157 e. The highest BCUT2D eigenvalue weighted by Gasteiger charge is 1.98. The molecule has 0 aliphatic rings. The topological polar surface area (TPSA) is 37.3 Å². The summed E-state index contributed by atoms with van der Waals surface area (Å²) in [6, 6.07) is 0. The molecule has 0 spiro atoms. The first-order chi connectivity index (χ1) is 4.77. The highest BCUT2D eigenvalue weighted by atomic mass is 31.1. The largest absolute Gasteiger partial charge is 0.537 e. The van der Waals surface area contributed by atoms with Gasteiger partial charge in [0, 0.05) is 0 Å². The zero-order chi connectivity index (χ0) is 7.82. The fraction of sp³-hybridized carbons (Fsp3) is 0.714. The second kappa shape index (κ2) is 6.91. The van der Waals surface area contributed by atoms with Gasteiger partial charge in [0.05, 0.1) is 0 Å². The van der Waals surface area contributed by atoms with Gasteiger partial charge in [-0.3, -0.25) is 0 Å². The molecule has 0 saturated carbocycles. The summed E-state index contributed by atoms with van der Waals surface area (Å²) in [5.74, 6) is 1.35. The average Bonchev–Trinajstić information content (AvgIpc) is 1.87. The van der Waals surface area contributed by atoms with Crippen molar-refractivity contribution in [2.45, 2.75) is 32.6 Å². The third-order valence-corrected chi connectivity index (χ3v) is 1.67. The summed E-state index contributed by atoms with van der Waals surface area (Å²) < 4.78 is 10.1. The minimum atomic E-state index is -2.05. The first-order valence-corrected chi connectivity index (χ1v) is 4.87. The monoisotopic (exact) mass is 161 g/mol. The third-order valence-electron chi connectivity index (χ3n) is 1.21. The zero-order valence-corrected chi connectivity index (χ0v) is 7.18. The predicted molar refractivity (Wildman–Crippen MR) is 43.1 cm³/mol. The average molecular weight is 161 g/mol. The molecule has 2 nitrogen and oxygen atoms in total. The Morgan fingerprint density at radius 3 is 2.70 bits per heavy atom. The van der Waals surface area contributed by atoms with Crippen molar-refractivity contribution in [3.05, 3.63) is 11.9 Å². The summed E-state index contributed by atoms with van der Waals surface area (Å²) in [6.45, 7) is 2.14. The SMILES string of the molecule is CCCCCC=C[P+](=O)O. The molecule has 0 aromatic rings. The Morgan fingerprint density at radius 2 is 2.20 bits per heavy atom. The molecule has 1 N–H and O–H groups in total. The van der Waals surface area contributed by atoms with Crippen molar-refractivity contribution in [1.82, 2.24) is 0 Å². The lowest BCUT2D eigenvalue weighted by Gasteiger charge is -1.87. The first-order valence-electron chi connectivity index (χ1n) is 3.59. The summed E-state index contributed by atoms with van der Waals surface area (Å²) in [7, 11) is -2.05. The molecule has 3 heteroatoms. The van der Waals surface area contributed by atoms with E-state index in [4.69, 9.17) is 4.89 Å². The predicted octanol–water partition coefficient (Wildman–Crippen LogP) is 2.82. The molecule has 0 rings (SSSR count). The Balaban J connectivity index is 3.10. The van der Waals surface area contributed by atoms with Crippen LogP contribution in [-0.2, 0) is 4.57 Å². The van der Waals surface area contributed by atoms with Crippen molar-refractivity contribution in [2.75, 3.05) is 0 Å². The minimum absolute atomic E-state index is 0.926. The van der Waals surface area contributed by atoms with Gasteiger partial charge < -0.3 is 0 Å². The van der Waals surface area contributed by atoms with Crippen LogP contribution in [-0.4, -0.2) is 4.89 Å². The van der Waals surface area contributed by atoms with E-state index in [1.807, 2.05) is 0 Å². The molecule has 0 aliphatic carbocycles. The van der Waals surface area contributed by atoms with E-state index in [9.17, 15) is 4.57 Å². The highest BCUT2D eigenvalue weighted by Crippen LogP contribution is 2.14. The number of hydrogen-bond acceptors (Lipinski definition) is 1. The van der Waals surface area contributed by atoms with E-state index in [1.54, 1.807) is 6.08 Å². The van der Waals surface area contributed by atoms with Gasteiger partial charge in [-0.05, 0) is 23.5 Å². The summed E-state index contributed by atoms with van der Waals surface area (Å²) >= 11 is 0. The van der Waals surface area contributed by atoms with Gasteiger partial charge >= 0.3 is 8.03 Å². The summed E-state index contributed by atoms with van der Waals surface area (Å²) in [6.07, 6.45) is 6.21. The van der Waals surface area contributed by atoms with Gasteiger partial charge in [0.25, 0.3) is 0 Å². The maximum absolute atomic E-state index is 10.1. The van der Waals surface area contributed by atoms with Crippen molar-refractivity contribution in [1.29, 1.82) is 0 Å². The molecular formula is C7H14O2P+. The number of rotatable bonds is 5. The normalized spacial score (nSPS) is 12.4. The summed E-state index contributed by atoms with van der Waals surface area (Å²) in [5, 5.41) is 0. The molecule has 0 aliphatic heterocycles. The van der Waals surface area contributed by atoms with Crippen molar-refractivity contribution < 1.29 is 9.46 Å². The summed E-state index contributed by atoms with van der Waals surface area (Å²) in [5.41, 5.74) is 0. The molecule has 58 valence electrons. The van der Waals surface area contributed by atoms with Gasteiger partial charge in [0.1, 0.15) is 0 Å². The Morgan fingerprint density at radius 1 is 1.50 bits per heavy atom. The number of allylic oxidation sites excluding steroid dienone is 1. The van der Waals surface area contributed by atoms with Crippen LogP contribution in [0.25, 0.3) is 0 Å². The molecule has 0 amide bonds. The van der Waals surface area contributed by atoms with Crippen LogP contribution in [0.1, 0.15) is 32.6 Å². The maximum atomic E-state index is 10.1. The van der Waals surface area contributed by atoms with Crippen molar-refractivity contribution in [3.63, 3.8) is 0 Å². The van der Waals surface area contributed by atoms with E-state index >= 15 is 0 Å². The molecular weight excluding hydrogens is 147 g/mol. The lowest BCUT2D eigenvalue weighted by molar-refractivity contribution is 0.512. The molecule has 10 heavy (non-hydrogen) atoms.